The summed E-state index contributed by atoms with van der Waals surface area (Å²) in [5.41, 5.74) is 3.13. The van der Waals surface area contributed by atoms with Crippen molar-refractivity contribution < 1.29 is 9.53 Å². The van der Waals surface area contributed by atoms with Crippen molar-refractivity contribution in [2.24, 2.45) is 0 Å². The Morgan fingerprint density at radius 3 is 2.93 bits per heavy atom. The van der Waals surface area contributed by atoms with Gasteiger partial charge in [0.2, 0.25) is 0 Å². The lowest BCUT2D eigenvalue weighted by molar-refractivity contribution is 0.0926. The molecule has 4 heterocycles. The van der Waals surface area contributed by atoms with Gasteiger partial charge in [0.05, 0.1) is 40.4 Å². The van der Waals surface area contributed by atoms with Crippen molar-refractivity contribution in [2.75, 3.05) is 6.61 Å². The highest BCUT2D eigenvalue weighted by Gasteiger charge is 2.25. The first-order valence-electron chi connectivity index (χ1n) is 10.1. The molecule has 0 radical (unpaired) electrons. The van der Waals surface area contributed by atoms with E-state index in [0.29, 0.717) is 12.2 Å². The summed E-state index contributed by atoms with van der Waals surface area (Å²) in [6.07, 6.45) is 2.48. The lowest BCUT2D eigenvalue weighted by Crippen LogP contribution is -2.32. The fraction of sp³-hybridized carbons (Fsp3) is 0.261. The summed E-state index contributed by atoms with van der Waals surface area (Å²) >= 11 is 1.61. The summed E-state index contributed by atoms with van der Waals surface area (Å²) in [7, 11) is 0. The first-order valence-corrected chi connectivity index (χ1v) is 10.9. The molecule has 0 aliphatic carbocycles. The van der Waals surface area contributed by atoms with Crippen LogP contribution in [0.15, 0.2) is 54.0 Å². The first-order chi connectivity index (χ1) is 14.6. The van der Waals surface area contributed by atoms with E-state index in [9.17, 15) is 4.79 Å². The van der Waals surface area contributed by atoms with Gasteiger partial charge in [-0.15, -0.1) is 11.3 Å². The highest BCUT2D eigenvalue weighted by atomic mass is 32.1. The van der Waals surface area contributed by atoms with Gasteiger partial charge in [-0.2, -0.15) is 5.10 Å². The van der Waals surface area contributed by atoms with Crippen molar-refractivity contribution in [3.05, 3.63) is 65.2 Å². The lowest BCUT2D eigenvalue weighted by Gasteiger charge is -2.26. The first kappa shape index (κ1) is 18.8. The second-order valence-electron chi connectivity index (χ2n) is 7.65. The predicted octanol–water partition coefficient (Wildman–Crippen LogP) is 4.99. The Balaban J connectivity index is 1.57. The molecular formula is C23H22N4O2S. The van der Waals surface area contributed by atoms with Gasteiger partial charge in [-0.25, -0.2) is 9.67 Å². The van der Waals surface area contributed by atoms with E-state index >= 15 is 0 Å². The van der Waals surface area contributed by atoms with E-state index < -0.39 is 0 Å². The van der Waals surface area contributed by atoms with Crippen LogP contribution in [0.1, 0.15) is 48.3 Å². The summed E-state index contributed by atoms with van der Waals surface area (Å²) in [5, 5.41) is 10.5. The van der Waals surface area contributed by atoms with Crippen molar-refractivity contribution in [1.82, 2.24) is 20.1 Å². The zero-order valence-electron chi connectivity index (χ0n) is 16.8. The molecule has 0 fully saturated rings. The van der Waals surface area contributed by atoms with Crippen LogP contribution in [0.4, 0.5) is 0 Å². The number of nitrogens with zero attached hydrogens (tertiary/aromatic N) is 3. The van der Waals surface area contributed by atoms with Crippen molar-refractivity contribution >= 4 is 28.3 Å². The van der Waals surface area contributed by atoms with Crippen molar-refractivity contribution in [3.8, 4) is 16.3 Å². The Kier molecular flexibility index (Phi) is 4.75. The Hall–Kier alpha value is -3.19. The maximum Gasteiger partial charge on any atom is 0.252 e. The average Bonchev–Trinajstić information content (AvgIpc) is 3.43. The highest BCUT2D eigenvalue weighted by molar-refractivity contribution is 7.13. The molecule has 0 bridgehead atoms. The Bertz CT molecular complexity index is 1210. The van der Waals surface area contributed by atoms with E-state index in [0.717, 1.165) is 39.3 Å². The number of para-hydroxylation sites is 1. The molecule has 1 N–H and O–H groups in total. The fourth-order valence-electron chi connectivity index (χ4n) is 3.86. The average molecular weight is 419 g/mol. The predicted molar refractivity (Wildman–Crippen MR) is 118 cm³/mol. The number of hydrogen-bond acceptors (Lipinski definition) is 5. The zero-order chi connectivity index (χ0) is 20.7. The number of carbonyl (C=O) groups excluding carboxylic acids is 1. The van der Waals surface area contributed by atoms with Gasteiger partial charge in [-0.3, -0.25) is 4.79 Å². The SMILES string of the molecule is CC(C)n1ncc2c(C(=O)NC3CCOc4ccccc43)cc(-c3cccs3)nc21. The summed E-state index contributed by atoms with van der Waals surface area (Å²) in [6, 6.07) is 13.8. The Morgan fingerprint density at radius 1 is 1.27 bits per heavy atom. The van der Waals surface area contributed by atoms with Crippen LogP contribution >= 0.6 is 11.3 Å². The second kappa shape index (κ2) is 7.57. The van der Waals surface area contributed by atoms with Crippen LogP contribution in [0.3, 0.4) is 0 Å². The third-order valence-corrected chi connectivity index (χ3v) is 6.23. The number of aromatic nitrogens is 3. The number of fused-ring (bicyclic) bond motifs is 2. The van der Waals surface area contributed by atoms with E-state index in [1.165, 1.54) is 0 Å². The summed E-state index contributed by atoms with van der Waals surface area (Å²) in [4.78, 5) is 19.3. The van der Waals surface area contributed by atoms with Gasteiger partial charge in [0.25, 0.3) is 5.91 Å². The van der Waals surface area contributed by atoms with Crippen molar-refractivity contribution in [3.63, 3.8) is 0 Å². The molecule has 7 heteroatoms. The van der Waals surface area contributed by atoms with E-state index in [1.807, 2.05) is 52.5 Å². The van der Waals surface area contributed by atoms with Crippen LogP contribution in [-0.4, -0.2) is 27.3 Å². The summed E-state index contributed by atoms with van der Waals surface area (Å²) in [6.45, 7) is 4.70. The minimum Gasteiger partial charge on any atom is -0.493 e. The number of thiophene rings is 1. The summed E-state index contributed by atoms with van der Waals surface area (Å²) < 4.78 is 7.60. The molecule has 1 aromatic carbocycles. The summed E-state index contributed by atoms with van der Waals surface area (Å²) in [5.74, 6) is 0.714. The molecular weight excluding hydrogens is 396 g/mol. The molecule has 5 rings (SSSR count). The minimum absolute atomic E-state index is 0.0870. The third-order valence-electron chi connectivity index (χ3n) is 5.34. The number of ether oxygens (including phenoxy) is 1. The second-order valence-corrected chi connectivity index (χ2v) is 8.60. The fourth-order valence-corrected chi connectivity index (χ4v) is 4.55. The molecule has 6 nitrogen and oxygen atoms in total. The normalized spacial score (nSPS) is 15.8. The number of benzene rings is 1. The number of amides is 1. The number of nitrogens with one attached hydrogen (secondary N) is 1. The number of carbonyl (C=O) groups is 1. The molecule has 152 valence electrons. The van der Waals surface area contributed by atoms with Crippen LogP contribution < -0.4 is 10.1 Å². The van der Waals surface area contributed by atoms with Crippen LogP contribution in [0.25, 0.3) is 21.6 Å². The molecule has 0 spiro atoms. The lowest BCUT2D eigenvalue weighted by atomic mass is 10.00. The number of pyridine rings is 1. The molecule has 30 heavy (non-hydrogen) atoms. The maximum atomic E-state index is 13.4. The molecule has 1 aliphatic rings. The molecule has 1 atom stereocenters. The van der Waals surface area contributed by atoms with Gasteiger partial charge >= 0.3 is 0 Å². The minimum atomic E-state index is -0.120. The molecule has 1 aliphatic heterocycles. The van der Waals surface area contributed by atoms with Crippen LogP contribution in [0.5, 0.6) is 5.75 Å². The van der Waals surface area contributed by atoms with Crippen LogP contribution in [-0.2, 0) is 0 Å². The molecule has 1 amide bonds. The van der Waals surface area contributed by atoms with Gasteiger partial charge in [0, 0.05) is 18.0 Å². The maximum absolute atomic E-state index is 13.4. The quantitative estimate of drug-likeness (QED) is 0.507. The van der Waals surface area contributed by atoms with Gasteiger partial charge in [-0.1, -0.05) is 24.3 Å². The monoisotopic (exact) mass is 418 g/mol. The van der Waals surface area contributed by atoms with Crippen LogP contribution in [0.2, 0.25) is 0 Å². The standard InChI is InChI=1S/C23H22N4O2S/c1-14(2)27-22-17(13-24-27)16(12-19(25-22)21-8-5-11-30-21)23(28)26-18-9-10-29-20-7-4-3-6-15(18)20/h3-8,11-14,18H,9-10H2,1-2H3,(H,26,28). The largest absolute Gasteiger partial charge is 0.493 e. The Morgan fingerprint density at radius 2 is 2.13 bits per heavy atom. The van der Waals surface area contributed by atoms with E-state index in [2.05, 4.69) is 24.3 Å². The molecule has 1 unspecified atom stereocenters. The van der Waals surface area contributed by atoms with E-state index in [-0.39, 0.29) is 18.0 Å². The Labute approximate surface area is 178 Å². The van der Waals surface area contributed by atoms with Crippen molar-refractivity contribution in [1.29, 1.82) is 0 Å². The number of hydrogen-bond donors (Lipinski definition) is 1. The van der Waals surface area contributed by atoms with Crippen molar-refractivity contribution in [2.45, 2.75) is 32.4 Å². The van der Waals surface area contributed by atoms with Gasteiger partial charge in [0.15, 0.2) is 5.65 Å². The van der Waals surface area contributed by atoms with E-state index in [1.54, 1.807) is 17.5 Å². The molecule has 0 saturated carbocycles. The van der Waals surface area contributed by atoms with Gasteiger partial charge < -0.3 is 10.1 Å². The highest BCUT2D eigenvalue weighted by Crippen LogP contribution is 2.33. The zero-order valence-corrected chi connectivity index (χ0v) is 17.6. The van der Waals surface area contributed by atoms with E-state index in [4.69, 9.17) is 9.72 Å². The third kappa shape index (κ3) is 3.25. The number of rotatable bonds is 4. The van der Waals surface area contributed by atoms with Gasteiger partial charge in [-0.05, 0) is 37.4 Å². The molecule has 3 aromatic heterocycles. The molecule has 0 saturated heterocycles. The molecule has 4 aromatic rings. The smallest absolute Gasteiger partial charge is 0.252 e. The van der Waals surface area contributed by atoms with Crippen LogP contribution in [0, 0.1) is 0 Å². The van der Waals surface area contributed by atoms with Gasteiger partial charge in [0.1, 0.15) is 5.75 Å². The topological polar surface area (TPSA) is 69.0 Å².